The van der Waals surface area contributed by atoms with Crippen LogP contribution in [0.15, 0.2) is 57.9 Å². The number of sulfonamides is 1. The molecule has 2 N–H and O–H groups in total. The number of nitrogens with zero attached hydrogens (tertiary/aromatic N) is 3. The summed E-state index contributed by atoms with van der Waals surface area (Å²) in [5, 5.41) is 14.5. The van der Waals surface area contributed by atoms with Crippen LogP contribution >= 0.6 is 27.5 Å². The quantitative estimate of drug-likeness (QED) is 0.313. The van der Waals surface area contributed by atoms with Crippen molar-refractivity contribution in [3.05, 3.63) is 63.6 Å². The Hall–Kier alpha value is -1.61. The van der Waals surface area contributed by atoms with Gasteiger partial charge >= 0.3 is 5.97 Å². The molecular formula is C28H38BrClN4O6S. The molecule has 226 valence electrons. The van der Waals surface area contributed by atoms with Crippen LogP contribution in [0.5, 0.6) is 0 Å². The zero-order valence-corrected chi connectivity index (χ0v) is 26.1. The first-order valence-corrected chi connectivity index (χ1v) is 16.4. The molecule has 2 aromatic carbocycles. The van der Waals surface area contributed by atoms with Gasteiger partial charge in [0.1, 0.15) is 0 Å². The third kappa shape index (κ3) is 9.44. The van der Waals surface area contributed by atoms with Gasteiger partial charge in [0.15, 0.2) is 0 Å². The highest BCUT2D eigenvalue weighted by molar-refractivity contribution is 9.10. The lowest BCUT2D eigenvalue weighted by Gasteiger charge is -2.33. The molecule has 13 heteroatoms. The number of hydrogen-bond acceptors (Lipinski definition) is 8. The van der Waals surface area contributed by atoms with Gasteiger partial charge in [0.2, 0.25) is 10.0 Å². The van der Waals surface area contributed by atoms with Gasteiger partial charge in [-0.3, -0.25) is 14.6 Å². The maximum absolute atomic E-state index is 13.9. The first-order chi connectivity index (χ1) is 19.7. The average Bonchev–Trinajstić information content (AvgIpc) is 2.97. The number of morpholine rings is 2. The molecule has 0 aliphatic carbocycles. The summed E-state index contributed by atoms with van der Waals surface area (Å²) in [6.45, 7) is 7.23. The molecule has 0 aromatic heterocycles. The van der Waals surface area contributed by atoms with Crippen molar-refractivity contribution in [2.45, 2.75) is 10.9 Å². The number of aliphatic carboxylic acids is 1. The van der Waals surface area contributed by atoms with E-state index in [2.05, 4.69) is 31.0 Å². The van der Waals surface area contributed by atoms with Crippen LogP contribution in [-0.4, -0.2) is 119 Å². The van der Waals surface area contributed by atoms with Crippen molar-refractivity contribution < 1.29 is 27.8 Å². The summed E-state index contributed by atoms with van der Waals surface area (Å²) in [6, 6.07) is 12.8. The van der Waals surface area contributed by atoms with Gasteiger partial charge in [-0.2, -0.15) is 4.31 Å². The number of hydrogen-bond donors (Lipinski definition) is 2. The Morgan fingerprint density at radius 2 is 1.51 bits per heavy atom. The van der Waals surface area contributed by atoms with E-state index in [0.717, 1.165) is 29.7 Å². The molecule has 2 atom stereocenters. The van der Waals surface area contributed by atoms with Crippen LogP contribution in [0.25, 0.3) is 0 Å². The number of carbonyl (C=O) groups is 1. The van der Waals surface area contributed by atoms with Gasteiger partial charge in [0, 0.05) is 74.4 Å². The van der Waals surface area contributed by atoms with Crippen LogP contribution in [0.1, 0.15) is 11.6 Å². The predicted octanol–water partition coefficient (Wildman–Crippen LogP) is 2.79. The van der Waals surface area contributed by atoms with Gasteiger partial charge in [-0.25, -0.2) is 8.42 Å². The summed E-state index contributed by atoms with van der Waals surface area (Å²) < 4.78 is 40.8. The molecule has 2 aliphatic heterocycles. The number of ether oxygens (including phenoxy) is 2. The fourth-order valence-electron chi connectivity index (χ4n) is 5.05. The smallest absolute Gasteiger partial charge is 0.309 e. The Balaban J connectivity index is 1.59. The maximum atomic E-state index is 13.9. The minimum atomic E-state index is -3.99. The van der Waals surface area contributed by atoms with E-state index in [0.29, 0.717) is 57.6 Å². The van der Waals surface area contributed by atoms with E-state index < -0.39 is 28.0 Å². The Labute approximate surface area is 255 Å². The third-order valence-electron chi connectivity index (χ3n) is 7.47. The molecule has 2 saturated heterocycles. The molecule has 0 radical (unpaired) electrons. The molecule has 0 spiro atoms. The number of carboxylic acids is 1. The molecule has 0 amide bonds. The van der Waals surface area contributed by atoms with Gasteiger partial charge in [-0.05, 0) is 42.0 Å². The molecule has 0 bridgehead atoms. The molecule has 4 rings (SSSR count). The van der Waals surface area contributed by atoms with Crippen LogP contribution in [0.3, 0.4) is 0 Å². The zero-order valence-electron chi connectivity index (χ0n) is 23.0. The molecule has 41 heavy (non-hydrogen) atoms. The minimum Gasteiger partial charge on any atom is -0.481 e. The largest absolute Gasteiger partial charge is 0.481 e. The number of rotatable bonds is 14. The van der Waals surface area contributed by atoms with Crippen LogP contribution in [0.2, 0.25) is 5.02 Å². The standard InChI is InChI=1S/C28H38BrClN4O6S/c29-23-3-7-25(8-4-23)41(37,38)34(12-11-33-15-19-40-20-16-33)21-26(28(35)36)27(22-1-5-24(30)6-2-22)31-9-10-32-13-17-39-18-14-32/h1-8,26-27,31H,9-21H2,(H,35,36). The highest BCUT2D eigenvalue weighted by Crippen LogP contribution is 2.28. The van der Waals surface area contributed by atoms with Gasteiger partial charge in [-0.15, -0.1) is 0 Å². The Morgan fingerprint density at radius 1 is 0.951 bits per heavy atom. The van der Waals surface area contributed by atoms with Crippen LogP contribution in [0, 0.1) is 5.92 Å². The van der Waals surface area contributed by atoms with Crippen LogP contribution in [-0.2, 0) is 24.3 Å². The first kappa shape index (κ1) is 32.3. The first-order valence-electron chi connectivity index (χ1n) is 13.8. The van der Waals surface area contributed by atoms with E-state index in [-0.39, 0.29) is 18.0 Å². The molecule has 2 heterocycles. The van der Waals surface area contributed by atoms with Gasteiger partial charge < -0.3 is 19.9 Å². The number of carboxylic acid groups (broad SMARTS) is 1. The van der Waals surface area contributed by atoms with Crippen molar-refractivity contribution in [1.82, 2.24) is 19.4 Å². The summed E-state index contributed by atoms with van der Waals surface area (Å²) in [5.41, 5.74) is 0.734. The normalized spacial score (nSPS) is 18.8. The van der Waals surface area contributed by atoms with Crippen LogP contribution in [0.4, 0.5) is 0 Å². The van der Waals surface area contributed by atoms with Crippen molar-refractivity contribution >= 4 is 43.5 Å². The molecular weight excluding hydrogens is 636 g/mol. The highest BCUT2D eigenvalue weighted by Gasteiger charge is 2.36. The fourth-order valence-corrected chi connectivity index (χ4v) is 6.90. The van der Waals surface area contributed by atoms with Crippen molar-refractivity contribution in [1.29, 1.82) is 0 Å². The Morgan fingerprint density at radius 3 is 2.07 bits per heavy atom. The van der Waals surface area contributed by atoms with E-state index in [4.69, 9.17) is 21.1 Å². The SMILES string of the molecule is O=C(O)C(CN(CCN1CCOCC1)S(=O)(=O)c1ccc(Br)cc1)C(NCCN1CCOCC1)c1ccc(Cl)cc1. The average molecular weight is 674 g/mol. The lowest BCUT2D eigenvalue weighted by molar-refractivity contribution is -0.143. The van der Waals surface area contributed by atoms with Gasteiger partial charge in [0.25, 0.3) is 0 Å². The topological polar surface area (TPSA) is 112 Å². The van der Waals surface area contributed by atoms with Gasteiger partial charge in [-0.1, -0.05) is 39.7 Å². The Bertz CT molecular complexity index is 1210. The third-order valence-corrected chi connectivity index (χ3v) is 10.1. The zero-order chi connectivity index (χ0) is 29.2. The maximum Gasteiger partial charge on any atom is 0.309 e. The number of benzene rings is 2. The number of nitrogens with one attached hydrogen (secondary N) is 1. The van der Waals surface area contributed by atoms with E-state index >= 15 is 0 Å². The lowest BCUT2D eigenvalue weighted by atomic mass is 9.92. The second-order valence-corrected chi connectivity index (χ2v) is 13.4. The summed E-state index contributed by atoms with van der Waals surface area (Å²) in [5.74, 6) is -2.14. The molecule has 2 fully saturated rings. The predicted molar refractivity (Wildman–Crippen MR) is 161 cm³/mol. The van der Waals surface area contributed by atoms with E-state index in [9.17, 15) is 18.3 Å². The van der Waals surface area contributed by atoms with E-state index in [1.54, 1.807) is 36.4 Å². The number of halogens is 2. The molecule has 2 aromatic rings. The summed E-state index contributed by atoms with van der Waals surface area (Å²) in [7, 11) is -3.99. The monoisotopic (exact) mass is 672 g/mol. The van der Waals surface area contributed by atoms with Crippen molar-refractivity contribution in [2.75, 3.05) is 85.3 Å². The van der Waals surface area contributed by atoms with E-state index in [1.807, 2.05) is 0 Å². The summed E-state index contributed by atoms with van der Waals surface area (Å²) in [4.78, 5) is 17.4. The lowest BCUT2D eigenvalue weighted by Crippen LogP contribution is -2.48. The highest BCUT2D eigenvalue weighted by atomic mass is 79.9. The van der Waals surface area contributed by atoms with Gasteiger partial charge in [0.05, 0.1) is 37.2 Å². The molecule has 0 saturated carbocycles. The second kappa shape index (κ2) is 15.7. The van der Waals surface area contributed by atoms with Crippen molar-refractivity contribution in [3.8, 4) is 0 Å². The van der Waals surface area contributed by atoms with Crippen molar-refractivity contribution in [3.63, 3.8) is 0 Å². The van der Waals surface area contributed by atoms with E-state index in [1.165, 1.54) is 16.4 Å². The molecule has 10 nitrogen and oxygen atoms in total. The summed E-state index contributed by atoms with van der Waals surface area (Å²) in [6.07, 6.45) is 0. The van der Waals surface area contributed by atoms with Crippen molar-refractivity contribution in [2.24, 2.45) is 5.92 Å². The Kier molecular flexibility index (Phi) is 12.4. The molecule has 2 unspecified atom stereocenters. The molecule has 2 aliphatic rings. The second-order valence-electron chi connectivity index (χ2n) is 10.2. The van der Waals surface area contributed by atoms with Crippen LogP contribution < -0.4 is 5.32 Å². The minimum absolute atomic E-state index is 0.120. The fraction of sp³-hybridized carbons (Fsp3) is 0.536. The summed E-state index contributed by atoms with van der Waals surface area (Å²) >= 11 is 9.50.